The third-order valence-electron chi connectivity index (χ3n) is 5.33. The monoisotopic (exact) mass is 397 g/mol. The molecule has 1 atom stereocenters. The van der Waals surface area contributed by atoms with Crippen LogP contribution in [0.15, 0.2) is 42.5 Å². The first-order valence-electron chi connectivity index (χ1n) is 10.2. The number of carbonyl (C=O) groups is 1. The van der Waals surface area contributed by atoms with Gasteiger partial charge < -0.3 is 20.1 Å². The summed E-state index contributed by atoms with van der Waals surface area (Å²) in [7, 11) is 3.31. The maximum Gasteiger partial charge on any atom is 0.314 e. The van der Waals surface area contributed by atoms with Crippen LogP contribution in [-0.2, 0) is 13.0 Å². The van der Waals surface area contributed by atoms with E-state index in [4.69, 9.17) is 9.47 Å². The van der Waals surface area contributed by atoms with Crippen molar-refractivity contribution in [2.24, 2.45) is 0 Å². The topological polar surface area (TPSA) is 62.8 Å². The van der Waals surface area contributed by atoms with E-state index in [0.29, 0.717) is 18.8 Å². The van der Waals surface area contributed by atoms with E-state index in [0.717, 1.165) is 31.7 Å². The van der Waals surface area contributed by atoms with Crippen molar-refractivity contribution in [3.05, 3.63) is 59.2 Å². The lowest BCUT2D eigenvalue weighted by molar-refractivity contribution is 0.170. The summed E-state index contributed by atoms with van der Waals surface area (Å²) in [5.41, 5.74) is 3.69. The molecule has 3 rings (SSSR count). The molecule has 6 nitrogen and oxygen atoms in total. The minimum absolute atomic E-state index is 0.0612. The molecule has 0 bridgehead atoms. The van der Waals surface area contributed by atoms with Gasteiger partial charge in [0.2, 0.25) is 0 Å². The van der Waals surface area contributed by atoms with E-state index in [2.05, 4.69) is 51.9 Å². The average molecular weight is 398 g/mol. The van der Waals surface area contributed by atoms with Crippen molar-refractivity contribution in [2.45, 2.75) is 32.4 Å². The summed E-state index contributed by atoms with van der Waals surface area (Å²) < 4.78 is 11.0. The van der Waals surface area contributed by atoms with Crippen LogP contribution < -0.4 is 20.1 Å². The first-order valence-corrected chi connectivity index (χ1v) is 10.2. The van der Waals surface area contributed by atoms with Gasteiger partial charge >= 0.3 is 6.03 Å². The molecule has 2 amide bonds. The summed E-state index contributed by atoms with van der Waals surface area (Å²) in [4.78, 5) is 14.6. The van der Waals surface area contributed by atoms with Crippen LogP contribution in [0, 0.1) is 0 Å². The third kappa shape index (κ3) is 5.21. The molecule has 0 saturated carbocycles. The number of benzene rings is 2. The lowest BCUT2D eigenvalue weighted by atomic mass is 9.91. The Morgan fingerprint density at radius 1 is 1.10 bits per heavy atom. The van der Waals surface area contributed by atoms with Gasteiger partial charge in [-0.1, -0.05) is 37.3 Å². The molecule has 1 unspecified atom stereocenters. The quantitative estimate of drug-likeness (QED) is 0.716. The Bertz CT molecular complexity index is 811. The maximum atomic E-state index is 12.2. The molecular weight excluding hydrogens is 366 g/mol. The number of rotatable bonds is 8. The van der Waals surface area contributed by atoms with E-state index in [1.54, 1.807) is 14.2 Å². The molecule has 0 fully saturated rings. The molecule has 0 aliphatic carbocycles. The Labute approximate surface area is 173 Å². The summed E-state index contributed by atoms with van der Waals surface area (Å²) in [6, 6.07) is 14.5. The van der Waals surface area contributed by atoms with Crippen molar-refractivity contribution < 1.29 is 14.3 Å². The van der Waals surface area contributed by atoms with Gasteiger partial charge in [0.15, 0.2) is 11.5 Å². The zero-order valence-corrected chi connectivity index (χ0v) is 17.5. The van der Waals surface area contributed by atoms with Crippen molar-refractivity contribution >= 4 is 6.03 Å². The van der Waals surface area contributed by atoms with Crippen molar-refractivity contribution in [1.29, 1.82) is 0 Å². The van der Waals surface area contributed by atoms with Crippen LogP contribution in [0.1, 0.15) is 36.1 Å². The second-order valence-electron chi connectivity index (χ2n) is 7.26. The Morgan fingerprint density at radius 2 is 1.83 bits per heavy atom. The van der Waals surface area contributed by atoms with Gasteiger partial charge in [0.05, 0.1) is 20.3 Å². The second kappa shape index (κ2) is 10.2. The highest BCUT2D eigenvalue weighted by Gasteiger charge is 2.29. The molecule has 1 heterocycles. The highest BCUT2D eigenvalue weighted by molar-refractivity contribution is 5.73. The van der Waals surface area contributed by atoms with Crippen molar-refractivity contribution in [1.82, 2.24) is 15.5 Å². The lowest BCUT2D eigenvalue weighted by Crippen LogP contribution is -2.44. The predicted molar refractivity (Wildman–Crippen MR) is 115 cm³/mol. The van der Waals surface area contributed by atoms with Crippen molar-refractivity contribution in [3.63, 3.8) is 0 Å². The summed E-state index contributed by atoms with van der Waals surface area (Å²) in [6.45, 7) is 4.99. The fraction of sp³-hybridized carbons (Fsp3) is 0.435. The number of ether oxygens (including phenoxy) is 2. The molecule has 0 aromatic heterocycles. The van der Waals surface area contributed by atoms with E-state index >= 15 is 0 Å². The van der Waals surface area contributed by atoms with Crippen LogP contribution >= 0.6 is 0 Å². The summed E-state index contributed by atoms with van der Waals surface area (Å²) >= 11 is 0. The molecule has 2 aromatic rings. The highest BCUT2D eigenvalue weighted by Crippen LogP contribution is 2.38. The number of nitrogens with one attached hydrogen (secondary N) is 2. The number of methoxy groups -OCH3 is 2. The normalized spacial score (nSPS) is 16.0. The lowest BCUT2D eigenvalue weighted by Gasteiger charge is -2.38. The summed E-state index contributed by atoms with van der Waals surface area (Å²) in [5, 5.41) is 5.93. The van der Waals surface area contributed by atoms with Gasteiger partial charge in [-0.05, 0) is 41.7 Å². The van der Waals surface area contributed by atoms with Crippen LogP contribution in [0.2, 0.25) is 0 Å². The number of amides is 2. The first-order chi connectivity index (χ1) is 14.2. The third-order valence-corrected chi connectivity index (χ3v) is 5.33. The van der Waals surface area contributed by atoms with Gasteiger partial charge in [-0.3, -0.25) is 4.90 Å². The number of carbonyl (C=O) groups excluding carboxylic acids is 1. The van der Waals surface area contributed by atoms with Crippen LogP contribution in [0.4, 0.5) is 4.79 Å². The smallest absolute Gasteiger partial charge is 0.314 e. The fourth-order valence-corrected chi connectivity index (χ4v) is 3.82. The molecule has 1 aliphatic rings. The largest absolute Gasteiger partial charge is 0.493 e. The van der Waals surface area contributed by atoms with E-state index in [-0.39, 0.29) is 12.1 Å². The minimum atomic E-state index is -0.126. The predicted octanol–water partition coefficient (Wildman–Crippen LogP) is 3.51. The maximum absolute atomic E-state index is 12.2. The van der Waals surface area contributed by atoms with Gasteiger partial charge in [-0.15, -0.1) is 0 Å². The standard InChI is InChI=1S/C23H31N3O3/c1-4-11-24-23(27)25-15-20-19-14-22(29-3)21(28-2)13-18(19)10-12-26(20)16-17-8-6-5-7-9-17/h5-9,13-14,20H,4,10-12,15-16H2,1-3H3,(H2,24,25,27). The highest BCUT2D eigenvalue weighted by atomic mass is 16.5. The molecule has 29 heavy (non-hydrogen) atoms. The van der Waals surface area contributed by atoms with Crippen molar-refractivity contribution in [3.8, 4) is 11.5 Å². The van der Waals surface area contributed by atoms with E-state index < -0.39 is 0 Å². The molecule has 1 aliphatic heterocycles. The van der Waals surface area contributed by atoms with E-state index in [9.17, 15) is 4.79 Å². The number of hydrogen-bond donors (Lipinski definition) is 2. The number of hydrogen-bond acceptors (Lipinski definition) is 4. The van der Waals surface area contributed by atoms with E-state index in [1.165, 1.54) is 16.7 Å². The van der Waals surface area contributed by atoms with Crippen molar-refractivity contribution in [2.75, 3.05) is 33.9 Å². The molecule has 6 heteroatoms. The Hall–Kier alpha value is -2.73. The van der Waals surface area contributed by atoms with Crippen LogP contribution in [0.25, 0.3) is 0 Å². The van der Waals surface area contributed by atoms with Crippen LogP contribution in [0.3, 0.4) is 0 Å². The zero-order valence-electron chi connectivity index (χ0n) is 17.5. The van der Waals surface area contributed by atoms with E-state index in [1.807, 2.05) is 13.0 Å². The molecule has 2 aromatic carbocycles. The van der Waals surface area contributed by atoms with Gasteiger partial charge in [0, 0.05) is 26.2 Å². The van der Waals surface area contributed by atoms with Crippen LogP contribution in [-0.4, -0.2) is 44.8 Å². The zero-order chi connectivity index (χ0) is 20.6. The molecular formula is C23H31N3O3. The van der Waals surface area contributed by atoms with Gasteiger partial charge in [0.25, 0.3) is 0 Å². The Kier molecular flexibility index (Phi) is 7.36. The van der Waals surface area contributed by atoms with Gasteiger partial charge in [-0.25, -0.2) is 4.79 Å². The average Bonchev–Trinajstić information content (AvgIpc) is 2.76. The number of fused-ring (bicyclic) bond motifs is 1. The second-order valence-corrected chi connectivity index (χ2v) is 7.26. The fourth-order valence-electron chi connectivity index (χ4n) is 3.82. The minimum Gasteiger partial charge on any atom is -0.493 e. The molecule has 156 valence electrons. The number of urea groups is 1. The number of nitrogens with zero attached hydrogens (tertiary/aromatic N) is 1. The SMILES string of the molecule is CCCNC(=O)NCC1c2cc(OC)c(OC)cc2CCN1Cc1ccccc1. The molecule has 0 spiro atoms. The summed E-state index contributed by atoms with van der Waals surface area (Å²) in [5.74, 6) is 1.46. The Morgan fingerprint density at radius 3 is 2.52 bits per heavy atom. The molecule has 2 N–H and O–H groups in total. The van der Waals surface area contributed by atoms with Gasteiger partial charge in [-0.2, -0.15) is 0 Å². The molecule has 0 radical (unpaired) electrons. The Balaban J connectivity index is 1.86. The van der Waals surface area contributed by atoms with Crippen LogP contribution in [0.5, 0.6) is 11.5 Å². The molecule has 0 saturated heterocycles. The summed E-state index contributed by atoms with van der Waals surface area (Å²) in [6.07, 6.45) is 1.85. The first kappa shape index (κ1) is 21.0. The van der Waals surface area contributed by atoms with Gasteiger partial charge in [0.1, 0.15) is 0 Å².